The van der Waals surface area contributed by atoms with E-state index in [1.165, 1.54) is 11.1 Å². The van der Waals surface area contributed by atoms with Crippen molar-refractivity contribution in [3.8, 4) is 6.07 Å². The molecule has 0 bridgehead atoms. The molecule has 3 rings (SSSR count). The van der Waals surface area contributed by atoms with Crippen LogP contribution in [0.2, 0.25) is 0 Å². The smallest absolute Gasteiger partial charge is 0.410 e. The first-order valence-corrected chi connectivity index (χ1v) is 14.3. The van der Waals surface area contributed by atoms with Gasteiger partial charge in [0.05, 0.1) is 24.7 Å². The number of aryl methyl sites for hydroxylation is 2. The summed E-state index contributed by atoms with van der Waals surface area (Å²) in [6.45, 7) is 14.7. The molecule has 1 aliphatic heterocycles. The number of benzene rings is 2. The van der Waals surface area contributed by atoms with E-state index in [0.717, 1.165) is 11.1 Å². The lowest BCUT2D eigenvalue weighted by Gasteiger charge is -2.33. The van der Waals surface area contributed by atoms with Crippen molar-refractivity contribution in [2.75, 3.05) is 38.1 Å². The minimum absolute atomic E-state index is 0.00964. The molecular formula is C32H44N6O4. The standard InChI is InChI=1S/C32H44N6O4/c1-22(2)37(31(41)42-32(5,6)7)13-14-38(30-23(3)15-25(17-33)16-24(30)4)29(40)19-34-18-28(39)35(8)36-20-26-11-9-10-12-27(26)21-36/h9-12,15-16,22,34H,13-14,18-21H2,1-8H3. The van der Waals surface area contributed by atoms with Gasteiger partial charge < -0.3 is 14.5 Å². The van der Waals surface area contributed by atoms with Crippen LogP contribution < -0.4 is 10.2 Å². The summed E-state index contributed by atoms with van der Waals surface area (Å²) in [6.07, 6.45) is -0.450. The molecule has 0 atom stereocenters. The zero-order chi connectivity index (χ0) is 31.2. The van der Waals surface area contributed by atoms with Gasteiger partial charge in [0.25, 0.3) is 5.91 Å². The first-order chi connectivity index (χ1) is 19.7. The number of nitrogens with zero attached hydrogens (tertiary/aromatic N) is 5. The highest BCUT2D eigenvalue weighted by atomic mass is 16.6. The summed E-state index contributed by atoms with van der Waals surface area (Å²) in [4.78, 5) is 42.8. The van der Waals surface area contributed by atoms with Crippen LogP contribution in [-0.2, 0) is 27.4 Å². The average molecular weight is 577 g/mol. The van der Waals surface area contributed by atoms with Gasteiger partial charge >= 0.3 is 6.09 Å². The number of likely N-dealkylation sites (N-methyl/N-ethyl adjacent to an activating group) is 1. The Kier molecular flexibility index (Phi) is 10.7. The highest BCUT2D eigenvalue weighted by Crippen LogP contribution is 2.27. The van der Waals surface area contributed by atoms with Crippen LogP contribution in [0.15, 0.2) is 36.4 Å². The van der Waals surface area contributed by atoms with Crippen molar-refractivity contribution in [2.24, 2.45) is 0 Å². The van der Waals surface area contributed by atoms with Crippen molar-refractivity contribution >= 4 is 23.6 Å². The second kappa shape index (κ2) is 13.8. The number of nitriles is 1. The van der Waals surface area contributed by atoms with Crippen molar-refractivity contribution in [3.63, 3.8) is 0 Å². The molecule has 0 aliphatic carbocycles. The Morgan fingerprint density at radius 2 is 1.55 bits per heavy atom. The Morgan fingerprint density at radius 3 is 2.05 bits per heavy atom. The molecular weight excluding hydrogens is 532 g/mol. The lowest BCUT2D eigenvalue weighted by atomic mass is 10.0. The van der Waals surface area contributed by atoms with Crippen molar-refractivity contribution in [3.05, 3.63) is 64.2 Å². The first kappa shape index (κ1) is 32.6. The molecule has 2 aromatic carbocycles. The van der Waals surface area contributed by atoms with Gasteiger partial charge in [0.15, 0.2) is 0 Å². The van der Waals surface area contributed by atoms with Crippen LogP contribution in [0.3, 0.4) is 0 Å². The summed E-state index contributed by atoms with van der Waals surface area (Å²) in [6, 6.07) is 13.6. The van der Waals surface area contributed by atoms with Gasteiger partial charge in [0.1, 0.15) is 5.60 Å². The second-order valence-electron chi connectivity index (χ2n) is 12.0. The van der Waals surface area contributed by atoms with Crippen molar-refractivity contribution in [1.29, 1.82) is 5.26 Å². The molecule has 2 aromatic rings. The van der Waals surface area contributed by atoms with E-state index < -0.39 is 11.7 Å². The van der Waals surface area contributed by atoms with Crippen LogP contribution >= 0.6 is 0 Å². The number of rotatable bonds is 10. The van der Waals surface area contributed by atoms with Gasteiger partial charge in [-0.15, -0.1) is 0 Å². The average Bonchev–Trinajstić information content (AvgIpc) is 3.34. The molecule has 1 N–H and O–H groups in total. The molecule has 0 spiro atoms. The van der Waals surface area contributed by atoms with E-state index in [1.807, 2.05) is 65.6 Å². The van der Waals surface area contributed by atoms with Gasteiger partial charge in [-0.3, -0.25) is 19.9 Å². The van der Waals surface area contributed by atoms with E-state index in [4.69, 9.17) is 4.74 Å². The Morgan fingerprint density at radius 1 is 1.00 bits per heavy atom. The fourth-order valence-electron chi connectivity index (χ4n) is 5.07. The largest absolute Gasteiger partial charge is 0.444 e. The van der Waals surface area contributed by atoms with Crippen molar-refractivity contribution in [2.45, 2.75) is 73.2 Å². The zero-order valence-electron chi connectivity index (χ0n) is 26.2. The van der Waals surface area contributed by atoms with Crippen molar-refractivity contribution in [1.82, 2.24) is 20.2 Å². The maximum Gasteiger partial charge on any atom is 0.410 e. The van der Waals surface area contributed by atoms with Crippen LogP contribution in [-0.4, -0.2) is 77.7 Å². The van der Waals surface area contributed by atoms with E-state index >= 15 is 0 Å². The number of amides is 3. The number of hydrogen-bond acceptors (Lipinski definition) is 7. The Labute approximate surface area is 249 Å². The summed E-state index contributed by atoms with van der Waals surface area (Å²) in [7, 11) is 1.74. The lowest BCUT2D eigenvalue weighted by Crippen LogP contribution is -2.49. The number of anilines is 1. The minimum Gasteiger partial charge on any atom is -0.444 e. The normalized spacial score (nSPS) is 13.0. The molecule has 1 heterocycles. The quantitative estimate of drug-likeness (QED) is 0.453. The van der Waals surface area contributed by atoms with Crippen LogP contribution in [0.5, 0.6) is 0 Å². The molecule has 0 unspecified atom stereocenters. The number of ether oxygens (including phenoxy) is 1. The number of hydrazine groups is 1. The second-order valence-corrected chi connectivity index (χ2v) is 12.0. The van der Waals surface area contributed by atoms with E-state index in [1.54, 1.807) is 34.0 Å². The summed E-state index contributed by atoms with van der Waals surface area (Å²) in [5, 5.41) is 16.0. The monoisotopic (exact) mass is 576 g/mol. The van der Waals surface area contributed by atoms with E-state index in [-0.39, 0.29) is 44.0 Å². The molecule has 0 saturated carbocycles. The van der Waals surface area contributed by atoms with Crippen LogP contribution in [0.1, 0.15) is 62.4 Å². The summed E-state index contributed by atoms with van der Waals surface area (Å²) in [5.41, 5.74) is 4.50. The molecule has 1 aliphatic rings. The molecule has 3 amide bonds. The lowest BCUT2D eigenvalue weighted by molar-refractivity contribution is -0.145. The summed E-state index contributed by atoms with van der Waals surface area (Å²) >= 11 is 0. The Balaban J connectivity index is 1.71. The number of nitrogens with one attached hydrogen (secondary N) is 1. The highest BCUT2D eigenvalue weighted by molar-refractivity contribution is 5.96. The third-order valence-corrected chi connectivity index (χ3v) is 7.17. The summed E-state index contributed by atoms with van der Waals surface area (Å²) < 4.78 is 5.60. The Hall–Kier alpha value is -3.94. The third-order valence-electron chi connectivity index (χ3n) is 7.17. The van der Waals surface area contributed by atoms with Crippen LogP contribution in [0.4, 0.5) is 10.5 Å². The van der Waals surface area contributed by atoms with E-state index in [9.17, 15) is 19.6 Å². The van der Waals surface area contributed by atoms with Gasteiger partial charge in [-0.1, -0.05) is 24.3 Å². The maximum absolute atomic E-state index is 13.7. The first-order valence-electron chi connectivity index (χ1n) is 14.3. The van der Waals surface area contributed by atoms with Gasteiger partial charge in [0.2, 0.25) is 5.91 Å². The van der Waals surface area contributed by atoms with Gasteiger partial charge in [-0.05, 0) is 82.9 Å². The molecule has 0 saturated heterocycles. The number of hydrogen-bond donors (Lipinski definition) is 1. The van der Waals surface area contributed by atoms with E-state index in [0.29, 0.717) is 24.3 Å². The molecule has 0 fully saturated rings. The van der Waals surface area contributed by atoms with Crippen LogP contribution in [0, 0.1) is 25.2 Å². The minimum atomic E-state index is -0.651. The predicted molar refractivity (Wildman–Crippen MR) is 162 cm³/mol. The molecule has 10 nitrogen and oxygen atoms in total. The number of carbonyl (C=O) groups excluding carboxylic acids is 3. The van der Waals surface area contributed by atoms with Gasteiger partial charge in [0, 0.05) is 45.0 Å². The fraction of sp³-hybridized carbons (Fsp3) is 0.500. The highest BCUT2D eigenvalue weighted by Gasteiger charge is 2.28. The molecule has 0 aromatic heterocycles. The molecule has 0 radical (unpaired) electrons. The number of carbonyl (C=O) groups is 3. The van der Waals surface area contributed by atoms with Gasteiger partial charge in [-0.2, -0.15) is 5.26 Å². The van der Waals surface area contributed by atoms with Crippen LogP contribution in [0.25, 0.3) is 0 Å². The zero-order valence-corrected chi connectivity index (χ0v) is 26.2. The molecule has 226 valence electrons. The van der Waals surface area contributed by atoms with Gasteiger partial charge in [-0.25, -0.2) is 9.80 Å². The summed E-state index contributed by atoms with van der Waals surface area (Å²) in [5.74, 6) is -0.397. The fourth-order valence-corrected chi connectivity index (χ4v) is 5.07. The third kappa shape index (κ3) is 8.30. The molecule has 42 heavy (non-hydrogen) atoms. The SMILES string of the molecule is Cc1cc(C#N)cc(C)c1N(CCN(C(=O)OC(C)(C)C)C(C)C)C(=O)CNCC(=O)N(C)N1Cc2ccccc2C1. The predicted octanol–water partition coefficient (Wildman–Crippen LogP) is 4.13. The van der Waals surface area contributed by atoms with E-state index in [2.05, 4.69) is 23.5 Å². The Bertz CT molecular complexity index is 1300. The topological polar surface area (TPSA) is 109 Å². The van der Waals surface area contributed by atoms with Crippen molar-refractivity contribution < 1.29 is 19.1 Å². The number of fused-ring (bicyclic) bond motifs is 1. The maximum atomic E-state index is 13.7. The molecule has 10 heteroatoms.